The zero-order valence-corrected chi connectivity index (χ0v) is 12.1. The highest BCUT2D eigenvalue weighted by Gasteiger charge is 2.14. The summed E-state index contributed by atoms with van der Waals surface area (Å²) >= 11 is 2.17. The fraction of sp³-hybridized carbons (Fsp3) is 0.917. The van der Waals surface area contributed by atoms with Gasteiger partial charge in [0.2, 0.25) is 0 Å². The van der Waals surface area contributed by atoms with Crippen molar-refractivity contribution in [3.05, 3.63) is 0 Å². The molecule has 0 heterocycles. The van der Waals surface area contributed by atoms with Gasteiger partial charge in [0.1, 0.15) is 3.92 Å². The van der Waals surface area contributed by atoms with Gasteiger partial charge in [0, 0.05) is 0 Å². The second-order valence-electron chi connectivity index (χ2n) is 3.84. The van der Waals surface area contributed by atoms with E-state index in [4.69, 9.17) is 4.74 Å². The van der Waals surface area contributed by atoms with Crippen molar-refractivity contribution in [2.75, 3.05) is 6.61 Å². The lowest BCUT2D eigenvalue weighted by Gasteiger charge is -2.08. The maximum Gasteiger partial charge on any atom is 0.318 e. The van der Waals surface area contributed by atoms with Crippen LogP contribution in [-0.2, 0) is 9.53 Å². The predicted molar refractivity (Wildman–Crippen MR) is 72.4 cm³/mol. The normalized spacial score (nSPS) is 12.5. The lowest BCUT2D eigenvalue weighted by Crippen LogP contribution is -2.17. The summed E-state index contributed by atoms with van der Waals surface area (Å²) in [5.74, 6) is -0.0343. The Bertz CT molecular complexity index is 160. The van der Waals surface area contributed by atoms with E-state index in [0.29, 0.717) is 6.61 Å². The molecule has 0 N–H and O–H groups in total. The number of carbonyl (C=O) groups excluding carboxylic acids is 1. The molecule has 0 aromatic heterocycles. The molecule has 0 fully saturated rings. The first-order chi connectivity index (χ1) is 7.22. The summed E-state index contributed by atoms with van der Waals surface area (Å²) in [4.78, 5) is 11.4. The van der Waals surface area contributed by atoms with Crippen LogP contribution >= 0.6 is 22.6 Å². The Balaban J connectivity index is 3.30. The third kappa shape index (κ3) is 9.15. The average Bonchev–Trinajstić information content (AvgIpc) is 2.23. The van der Waals surface area contributed by atoms with E-state index in [-0.39, 0.29) is 9.89 Å². The lowest BCUT2D eigenvalue weighted by atomic mass is 10.2. The maximum absolute atomic E-state index is 11.4. The molecule has 0 aliphatic heterocycles. The van der Waals surface area contributed by atoms with Gasteiger partial charge >= 0.3 is 5.97 Å². The minimum absolute atomic E-state index is 0.0343. The predicted octanol–water partition coefficient (Wildman–Crippen LogP) is 4.10. The molecule has 0 saturated carbocycles. The van der Waals surface area contributed by atoms with E-state index in [1.165, 1.54) is 25.7 Å². The van der Waals surface area contributed by atoms with Crippen LogP contribution in [0, 0.1) is 0 Å². The van der Waals surface area contributed by atoms with Crippen LogP contribution in [0.15, 0.2) is 0 Å². The molecule has 3 heteroatoms. The number of alkyl halides is 1. The van der Waals surface area contributed by atoms with Crippen LogP contribution in [0.3, 0.4) is 0 Å². The fourth-order valence-corrected chi connectivity index (χ4v) is 2.14. The van der Waals surface area contributed by atoms with Crippen LogP contribution in [0.25, 0.3) is 0 Å². The van der Waals surface area contributed by atoms with Crippen LogP contribution in [-0.4, -0.2) is 16.5 Å². The van der Waals surface area contributed by atoms with Crippen molar-refractivity contribution in [3.63, 3.8) is 0 Å². The van der Waals surface area contributed by atoms with Crippen molar-refractivity contribution in [1.82, 2.24) is 0 Å². The second-order valence-corrected chi connectivity index (χ2v) is 5.34. The molecule has 0 bridgehead atoms. The number of ether oxygens (including phenoxy) is 1. The molecular formula is C12H23IO2. The maximum atomic E-state index is 11.4. The van der Waals surface area contributed by atoms with E-state index >= 15 is 0 Å². The molecule has 1 unspecified atom stereocenters. The summed E-state index contributed by atoms with van der Waals surface area (Å²) in [6.45, 7) is 4.89. The summed E-state index contributed by atoms with van der Waals surface area (Å²) in [6, 6.07) is 0. The smallest absolute Gasteiger partial charge is 0.318 e. The van der Waals surface area contributed by atoms with E-state index in [1.807, 2.05) is 0 Å². The Hall–Kier alpha value is 0.200. The summed E-state index contributed by atoms with van der Waals surface area (Å²) in [5, 5.41) is 0. The SMILES string of the molecule is CCCCCCCOC(=O)C(I)CCC. The third-order valence-corrected chi connectivity index (χ3v) is 3.42. The van der Waals surface area contributed by atoms with Crippen molar-refractivity contribution >= 4 is 28.6 Å². The minimum atomic E-state index is -0.0343. The summed E-state index contributed by atoms with van der Waals surface area (Å²) < 4.78 is 5.23. The van der Waals surface area contributed by atoms with E-state index < -0.39 is 0 Å². The number of halogens is 1. The first-order valence-electron chi connectivity index (χ1n) is 6.03. The molecule has 0 radical (unpaired) electrons. The molecule has 0 aromatic rings. The second kappa shape index (κ2) is 10.7. The first-order valence-corrected chi connectivity index (χ1v) is 7.27. The Labute approximate surface area is 107 Å². The Kier molecular flexibility index (Phi) is 10.9. The van der Waals surface area contributed by atoms with Gasteiger partial charge in [-0.2, -0.15) is 0 Å². The highest BCUT2D eigenvalue weighted by Crippen LogP contribution is 2.11. The van der Waals surface area contributed by atoms with Gasteiger partial charge in [-0.05, 0) is 12.8 Å². The molecule has 0 amide bonds. The van der Waals surface area contributed by atoms with Gasteiger partial charge in [0.15, 0.2) is 0 Å². The molecule has 2 nitrogen and oxygen atoms in total. The number of hydrogen-bond acceptors (Lipinski definition) is 2. The van der Waals surface area contributed by atoms with Crippen LogP contribution in [0.1, 0.15) is 58.8 Å². The van der Waals surface area contributed by atoms with Gasteiger partial charge in [0.05, 0.1) is 6.61 Å². The fourth-order valence-electron chi connectivity index (χ4n) is 1.34. The van der Waals surface area contributed by atoms with Gasteiger partial charge in [-0.25, -0.2) is 0 Å². The molecule has 15 heavy (non-hydrogen) atoms. The molecule has 90 valence electrons. The molecule has 0 rings (SSSR count). The quantitative estimate of drug-likeness (QED) is 0.276. The topological polar surface area (TPSA) is 26.3 Å². The van der Waals surface area contributed by atoms with Gasteiger partial charge in [-0.3, -0.25) is 4.79 Å². The highest BCUT2D eigenvalue weighted by atomic mass is 127. The van der Waals surface area contributed by atoms with Gasteiger partial charge in [0.25, 0.3) is 0 Å². The number of unbranched alkanes of at least 4 members (excludes halogenated alkanes) is 4. The number of hydrogen-bond donors (Lipinski definition) is 0. The van der Waals surface area contributed by atoms with Crippen molar-refractivity contribution in [2.45, 2.75) is 62.7 Å². The summed E-state index contributed by atoms with van der Waals surface area (Å²) in [7, 11) is 0. The Morgan fingerprint density at radius 2 is 1.80 bits per heavy atom. The monoisotopic (exact) mass is 326 g/mol. The third-order valence-electron chi connectivity index (χ3n) is 2.29. The van der Waals surface area contributed by atoms with Crippen molar-refractivity contribution in [1.29, 1.82) is 0 Å². The van der Waals surface area contributed by atoms with E-state index in [0.717, 1.165) is 19.3 Å². The zero-order chi connectivity index (χ0) is 11.5. The van der Waals surface area contributed by atoms with Crippen molar-refractivity contribution in [2.24, 2.45) is 0 Å². The molecule has 0 spiro atoms. The largest absolute Gasteiger partial charge is 0.465 e. The van der Waals surface area contributed by atoms with E-state index in [9.17, 15) is 4.79 Å². The van der Waals surface area contributed by atoms with Crippen LogP contribution < -0.4 is 0 Å². The standard InChI is InChI=1S/C12H23IO2/c1-3-5-6-7-8-10-15-12(14)11(13)9-4-2/h11H,3-10H2,1-2H3. The lowest BCUT2D eigenvalue weighted by molar-refractivity contribution is -0.142. The molecule has 0 saturated heterocycles. The Morgan fingerprint density at radius 3 is 2.40 bits per heavy atom. The number of rotatable bonds is 9. The minimum Gasteiger partial charge on any atom is -0.465 e. The number of carbonyl (C=O) groups is 1. The Morgan fingerprint density at radius 1 is 1.13 bits per heavy atom. The molecule has 1 atom stereocenters. The van der Waals surface area contributed by atoms with Crippen LogP contribution in [0.5, 0.6) is 0 Å². The number of esters is 1. The molecular weight excluding hydrogens is 303 g/mol. The van der Waals surface area contributed by atoms with Gasteiger partial charge in [-0.1, -0.05) is 68.5 Å². The average molecular weight is 326 g/mol. The van der Waals surface area contributed by atoms with Crippen molar-refractivity contribution in [3.8, 4) is 0 Å². The molecule has 0 aliphatic carbocycles. The first kappa shape index (κ1) is 15.2. The highest BCUT2D eigenvalue weighted by molar-refractivity contribution is 14.1. The summed E-state index contributed by atoms with van der Waals surface area (Å²) in [6.07, 6.45) is 7.97. The zero-order valence-electron chi connectivity index (χ0n) is 9.93. The van der Waals surface area contributed by atoms with E-state index in [1.54, 1.807) is 0 Å². The molecule has 0 aromatic carbocycles. The van der Waals surface area contributed by atoms with Gasteiger partial charge in [-0.15, -0.1) is 0 Å². The summed E-state index contributed by atoms with van der Waals surface area (Å²) in [5.41, 5.74) is 0. The molecule has 0 aliphatic rings. The van der Waals surface area contributed by atoms with Gasteiger partial charge < -0.3 is 4.74 Å². The van der Waals surface area contributed by atoms with E-state index in [2.05, 4.69) is 36.4 Å². The van der Waals surface area contributed by atoms with Crippen LogP contribution in [0.4, 0.5) is 0 Å². The van der Waals surface area contributed by atoms with Crippen LogP contribution in [0.2, 0.25) is 0 Å². The van der Waals surface area contributed by atoms with Crippen molar-refractivity contribution < 1.29 is 9.53 Å².